The molecule has 2 aromatic carbocycles. The second-order valence-electron chi connectivity index (χ2n) is 5.47. The van der Waals surface area contributed by atoms with E-state index in [1.165, 1.54) is 12.1 Å². The molecule has 0 aromatic heterocycles. The fraction of sp³-hybridized carbons (Fsp3) is 0.188. The third-order valence-corrected chi connectivity index (χ3v) is 4.77. The minimum absolute atomic E-state index is 0.0490. The molecule has 0 aliphatic carbocycles. The molecule has 0 fully saturated rings. The molecule has 2 rings (SSSR count). The molecule has 128 valence electrons. The SMILES string of the molecule is CN(C)c1ccc(S(N)(=O)=O)cc1NC(=O)Cc1ccc(Br)cc1. The Balaban J connectivity index is 2.26. The van der Waals surface area contributed by atoms with Crippen LogP contribution in [0.2, 0.25) is 0 Å². The molecule has 0 bridgehead atoms. The number of nitrogens with zero attached hydrogens (tertiary/aromatic N) is 1. The van der Waals surface area contributed by atoms with E-state index in [4.69, 9.17) is 5.14 Å². The van der Waals surface area contributed by atoms with E-state index in [1.807, 2.05) is 24.3 Å². The number of carbonyl (C=O) groups excluding carboxylic acids is 1. The molecule has 24 heavy (non-hydrogen) atoms. The van der Waals surface area contributed by atoms with E-state index in [2.05, 4.69) is 21.2 Å². The number of benzene rings is 2. The Hall–Kier alpha value is -1.90. The van der Waals surface area contributed by atoms with Gasteiger partial charge in [0, 0.05) is 18.6 Å². The van der Waals surface area contributed by atoms with Crippen LogP contribution in [0.25, 0.3) is 0 Å². The van der Waals surface area contributed by atoms with E-state index in [0.717, 1.165) is 10.0 Å². The van der Waals surface area contributed by atoms with Crippen LogP contribution in [0.3, 0.4) is 0 Å². The largest absolute Gasteiger partial charge is 0.376 e. The van der Waals surface area contributed by atoms with Gasteiger partial charge in [-0.15, -0.1) is 0 Å². The zero-order valence-corrected chi connectivity index (χ0v) is 15.7. The molecule has 1 amide bonds. The van der Waals surface area contributed by atoms with Gasteiger partial charge in [0.05, 0.1) is 22.7 Å². The topological polar surface area (TPSA) is 92.5 Å². The smallest absolute Gasteiger partial charge is 0.238 e. The quantitative estimate of drug-likeness (QED) is 0.789. The number of primary sulfonamides is 1. The third-order valence-electron chi connectivity index (χ3n) is 3.33. The van der Waals surface area contributed by atoms with Crippen LogP contribution < -0.4 is 15.4 Å². The highest BCUT2D eigenvalue weighted by Gasteiger charge is 2.14. The first kappa shape index (κ1) is 18.4. The second-order valence-corrected chi connectivity index (χ2v) is 7.95. The molecule has 3 N–H and O–H groups in total. The standard InChI is InChI=1S/C16H18BrN3O3S/c1-20(2)15-8-7-13(24(18,22)23)10-14(15)19-16(21)9-11-3-5-12(17)6-4-11/h3-8,10H,9H2,1-2H3,(H,19,21)(H2,18,22,23). The Bertz CT molecular complexity index is 849. The minimum atomic E-state index is -3.84. The van der Waals surface area contributed by atoms with Crippen LogP contribution in [0.1, 0.15) is 5.56 Å². The highest BCUT2D eigenvalue weighted by molar-refractivity contribution is 9.10. The molecule has 0 radical (unpaired) electrons. The van der Waals surface area contributed by atoms with Gasteiger partial charge in [0.25, 0.3) is 0 Å². The summed E-state index contributed by atoms with van der Waals surface area (Å²) in [5, 5.41) is 7.92. The van der Waals surface area contributed by atoms with E-state index in [1.54, 1.807) is 25.1 Å². The molecule has 0 heterocycles. The van der Waals surface area contributed by atoms with Gasteiger partial charge < -0.3 is 10.2 Å². The number of anilines is 2. The maximum absolute atomic E-state index is 12.3. The Labute approximate surface area is 149 Å². The molecule has 0 saturated carbocycles. The van der Waals surface area contributed by atoms with Crippen LogP contribution in [0.4, 0.5) is 11.4 Å². The highest BCUT2D eigenvalue weighted by Crippen LogP contribution is 2.27. The molecule has 0 saturated heterocycles. The zero-order chi connectivity index (χ0) is 17.9. The minimum Gasteiger partial charge on any atom is -0.376 e. The number of halogens is 1. The molecule has 0 spiro atoms. The van der Waals surface area contributed by atoms with Crippen molar-refractivity contribution in [3.63, 3.8) is 0 Å². The first-order valence-electron chi connectivity index (χ1n) is 7.05. The van der Waals surface area contributed by atoms with Crippen LogP contribution in [0, 0.1) is 0 Å². The maximum Gasteiger partial charge on any atom is 0.238 e. The fourth-order valence-electron chi connectivity index (χ4n) is 2.16. The third kappa shape index (κ3) is 4.80. The molecule has 0 aliphatic heterocycles. The van der Waals surface area contributed by atoms with E-state index in [-0.39, 0.29) is 17.2 Å². The predicted molar refractivity (Wildman–Crippen MR) is 98.6 cm³/mol. The van der Waals surface area contributed by atoms with Crippen molar-refractivity contribution in [2.45, 2.75) is 11.3 Å². The van der Waals surface area contributed by atoms with Crippen molar-refractivity contribution < 1.29 is 13.2 Å². The van der Waals surface area contributed by atoms with Crippen molar-refractivity contribution in [3.8, 4) is 0 Å². The number of hydrogen-bond acceptors (Lipinski definition) is 4. The van der Waals surface area contributed by atoms with Gasteiger partial charge in [0.2, 0.25) is 15.9 Å². The number of hydrogen-bond donors (Lipinski definition) is 2. The molecule has 0 atom stereocenters. The summed E-state index contributed by atoms with van der Waals surface area (Å²) in [6.07, 6.45) is 0.180. The van der Waals surface area contributed by atoms with E-state index in [0.29, 0.717) is 11.4 Å². The normalized spacial score (nSPS) is 11.2. The summed E-state index contributed by atoms with van der Waals surface area (Å²) in [6, 6.07) is 11.8. The first-order valence-corrected chi connectivity index (χ1v) is 9.39. The Kier molecular flexibility index (Phi) is 5.63. The summed E-state index contributed by atoms with van der Waals surface area (Å²) in [6.45, 7) is 0. The fourth-order valence-corrected chi connectivity index (χ4v) is 2.97. The number of rotatable bonds is 5. The summed E-state index contributed by atoms with van der Waals surface area (Å²) in [4.78, 5) is 14.0. The van der Waals surface area contributed by atoms with Crippen molar-refractivity contribution in [1.29, 1.82) is 0 Å². The number of nitrogens with one attached hydrogen (secondary N) is 1. The van der Waals surface area contributed by atoms with Gasteiger partial charge in [-0.3, -0.25) is 4.79 Å². The maximum atomic E-state index is 12.3. The van der Waals surface area contributed by atoms with Gasteiger partial charge in [-0.1, -0.05) is 28.1 Å². The number of sulfonamides is 1. The van der Waals surface area contributed by atoms with Gasteiger partial charge in [0.15, 0.2) is 0 Å². The lowest BCUT2D eigenvalue weighted by Crippen LogP contribution is -2.19. The predicted octanol–water partition coefficient (Wildman–Crippen LogP) is 2.34. The van der Waals surface area contributed by atoms with E-state index >= 15 is 0 Å². The van der Waals surface area contributed by atoms with Crippen molar-refractivity contribution in [2.75, 3.05) is 24.3 Å². The lowest BCUT2D eigenvalue weighted by molar-refractivity contribution is -0.115. The van der Waals surface area contributed by atoms with E-state index < -0.39 is 10.0 Å². The Morgan fingerprint density at radius 2 is 1.79 bits per heavy atom. The molecule has 0 unspecified atom stereocenters. The van der Waals surface area contributed by atoms with Crippen molar-refractivity contribution in [2.24, 2.45) is 5.14 Å². The summed E-state index contributed by atoms with van der Waals surface area (Å²) in [5.74, 6) is -0.244. The number of amides is 1. The molecule has 6 nitrogen and oxygen atoms in total. The van der Waals surface area contributed by atoms with Gasteiger partial charge in [-0.05, 0) is 35.9 Å². The summed E-state index contributed by atoms with van der Waals surface area (Å²) in [5.41, 5.74) is 1.94. The van der Waals surface area contributed by atoms with Gasteiger partial charge in [-0.25, -0.2) is 13.6 Å². The van der Waals surface area contributed by atoms with Gasteiger partial charge in [0.1, 0.15) is 0 Å². The summed E-state index contributed by atoms with van der Waals surface area (Å²) >= 11 is 3.34. The lowest BCUT2D eigenvalue weighted by atomic mass is 10.1. The average molecular weight is 412 g/mol. The van der Waals surface area contributed by atoms with Crippen LogP contribution >= 0.6 is 15.9 Å². The molecule has 8 heteroatoms. The summed E-state index contributed by atoms with van der Waals surface area (Å²) < 4.78 is 24.0. The highest BCUT2D eigenvalue weighted by atomic mass is 79.9. The first-order chi connectivity index (χ1) is 11.2. The molecular weight excluding hydrogens is 394 g/mol. The number of nitrogens with two attached hydrogens (primary N) is 1. The monoisotopic (exact) mass is 411 g/mol. The number of carbonyl (C=O) groups is 1. The van der Waals surface area contributed by atoms with Crippen LogP contribution in [0.5, 0.6) is 0 Å². The zero-order valence-electron chi connectivity index (χ0n) is 13.3. The van der Waals surface area contributed by atoms with E-state index in [9.17, 15) is 13.2 Å². The molecule has 2 aromatic rings. The molecular formula is C16H18BrN3O3S. The van der Waals surface area contributed by atoms with Crippen LogP contribution in [0.15, 0.2) is 51.8 Å². The van der Waals surface area contributed by atoms with Gasteiger partial charge in [-0.2, -0.15) is 0 Å². The second kappa shape index (κ2) is 7.33. The lowest BCUT2D eigenvalue weighted by Gasteiger charge is -2.18. The van der Waals surface area contributed by atoms with Crippen LogP contribution in [-0.4, -0.2) is 28.4 Å². The summed E-state index contributed by atoms with van der Waals surface area (Å²) in [7, 11) is -0.238. The van der Waals surface area contributed by atoms with Crippen molar-refractivity contribution in [3.05, 3.63) is 52.5 Å². The van der Waals surface area contributed by atoms with Crippen LogP contribution in [-0.2, 0) is 21.2 Å². The Morgan fingerprint density at radius 3 is 2.33 bits per heavy atom. The van der Waals surface area contributed by atoms with Crippen molar-refractivity contribution in [1.82, 2.24) is 0 Å². The molecule has 0 aliphatic rings. The Morgan fingerprint density at radius 1 is 1.17 bits per heavy atom. The van der Waals surface area contributed by atoms with Crippen molar-refractivity contribution >= 4 is 43.2 Å². The average Bonchev–Trinajstić information content (AvgIpc) is 2.48. The van der Waals surface area contributed by atoms with Gasteiger partial charge >= 0.3 is 0 Å².